The summed E-state index contributed by atoms with van der Waals surface area (Å²) >= 11 is 17.3. The van der Waals surface area contributed by atoms with Gasteiger partial charge < -0.3 is 9.47 Å². The van der Waals surface area contributed by atoms with Crippen molar-refractivity contribution in [1.29, 1.82) is 0 Å². The highest BCUT2D eigenvalue weighted by atomic mass is 79.9. The molecule has 0 amide bonds. The Hall–Kier alpha value is 0.180. The van der Waals surface area contributed by atoms with Gasteiger partial charge in [-0.3, -0.25) is 0 Å². The third kappa shape index (κ3) is 4.34. The van der Waals surface area contributed by atoms with E-state index >= 15 is 0 Å². The molecule has 0 spiro atoms. The first-order chi connectivity index (χ1) is 9.92. The summed E-state index contributed by atoms with van der Waals surface area (Å²) in [7, 11) is 0. The van der Waals surface area contributed by atoms with Gasteiger partial charge in [0, 0.05) is 4.47 Å². The Morgan fingerprint density at radius 3 is 1.71 bits per heavy atom. The molecule has 0 aliphatic heterocycles. The van der Waals surface area contributed by atoms with Gasteiger partial charge in [0.2, 0.25) is 0 Å². The summed E-state index contributed by atoms with van der Waals surface area (Å²) in [6, 6.07) is 7.48. The summed E-state index contributed by atoms with van der Waals surface area (Å²) < 4.78 is 15.4. The second-order valence-electron chi connectivity index (χ2n) is 3.80. The monoisotopic (exact) mass is 602 g/mol. The Morgan fingerprint density at radius 1 is 0.762 bits per heavy atom. The molecule has 2 aromatic rings. The van der Waals surface area contributed by atoms with Crippen molar-refractivity contribution in [3.05, 3.63) is 59.5 Å². The van der Waals surface area contributed by atoms with Crippen LogP contribution in [-0.2, 0) is 0 Å². The summed E-state index contributed by atoms with van der Waals surface area (Å²) in [5, 5.41) is 0. The van der Waals surface area contributed by atoms with Crippen molar-refractivity contribution in [2.75, 3.05) is 0 Å². The van der Waals surface area contributed by atoms with E-state index < -0.39 is 0 Å². The van der Waals surface area contributed by atoms with Crippen LogP contribution in [0.15, 0.2) is 59.5 Å². The van der Waals surface area contributed by atoms with Crippen molar-refractivity contribution < 1.29 is 9.47 Å². The fourth-order valence-corrected chi connectivity index (χ4v) is 5.29. The van der Waals surface area contributed by atoms with Gasteiger partial charge in [-0.15, -0.1) is 0 Å². The van der Waals surface area contributed by atoms with Crippen molar-refractivity contribution >= 4 is 79.6 Å². The number of hydrogen-bond donors (Lipinski definition) is 0. The molecule has 7 heteroatoms. The molecule has 0 fully saturated rings. The van der Waals surface area contributed by atoms with E-state index in [1.54, 1.807) is 0 Å². The fraction of sp³-hybridized carbons (Fsp3) is 0. The standard InChI is InChI=1S/C14H7Br5O2/c1-2-20-13-11(18)5-8(6-12(13)19)21-14-9(16)3-7(15)4-10(14)17/h2-6H,1H2. The molecule has 2 nitrogen and oxygen atoms in total. The average Bonchev–Trinajstić information content (AvgIpc) is 2.38. The van der Waals surface area contributed by atoms with Crippen LogP contribution in [0.5, 0.6) is 17.2 Å². The van der Waals surface area contributed by atoms with Crippen molar-refractivity contribution in [3.8, 4) is 17.2 Å². The molecule has 0 heterocycles. The number of rotatable bonds is 4. The molecule has 0 aliphatic carbocycles. The van der Waals surface area contributed by atoms with Crippen LogP contribution in [0.3, 0.4) is 0 Å². The van der Waals surface area contributed by atoms with E-state index in [9.17, 15) is 0 Å². The smallest absolute Gasteiger partial charge is 0.155 e. The maximum Gasteiger partial charge on any atom is 0.155 e. The Labute approximate surface area is 164 Å². The molecule has 0 saturated heterocycles. The minimum Gasteiger partial charge on any atom is -0.463 e. The highest BCUT2D eigenvalue weighted by molar-refractivity contribution is 9.12. The summed E-state index contributed by atoms with van der Waals surface area (Å²) in [4.78, 5) is 0. The number of halogens is 5. The van der Waals surface area contributed by atoms with E-state index in [2.05, 4.69) is 86.2 Å². The van der Waals surface area contributed by atoms with Gasteiger partial charge in [0.1, 0.15) is 5.75 Å². The van der Waals surface area contributed by atoms with E-state index in [0.29, 0.717) is 17.2 Å². The SMILES string of the molecule is C=COc1c(Br)cc(Oc2c(Br)cc(Br)cc2Br)cc1Br. The van der Waals surface area contributed by atoms with E-state index in [1.165, 1.54) is 6.26 Å². The zero-order valence-corrected chi connectivity index (χ0v) is 18.2. The second-order valence-corrected chi connectivity index (χ2v) is 8.13. The maximum atomic E-state index is 5.93. The average molecular weight is 607 g/mol. The van der Waals surface area contributed by atoms with Gasteiger partial charge in [-0.2, -0.15) is 0 Å². The van der Waals surface area contributed by atoms with Crippen molar-refractivity contribution in [2.45, 2.75) is 0 Å². The molecule has 0 N–H and O–H groups in total. The fourth-order valence-electron chi connectivity index (χ4n) is 1.54. The van der Waals surface area contributed by atoms with Crippen molar-refractivity contribution in [1.82, 2.24) is 0 Å². The lowest BCUT2D eigenvalue weighted by Gasteiger charge is -2.13. The van der Waals surface area contributed by atoms with Gasteiger partial charge in [-0.05, 0) is 88.0 Å². The van der Waals surface area contributed by atoms with E-state index in [0.717, 1.165) is 22.4 Å². The number of ether oxygens (including phenoxy) is 2. The molecule has 0 bridgehead atoms. The summed E-state index contributed by atoms with van der Waals surface area (Å²) in [5.74, 6) is 1.99. The predicted molar refractivity (Wildman–Crippen MR) is 102 cm³/mol. The minimum absolute atomic E-state index is 0.645. The zero-order chi connectivity index (χ0) is 15.6. The maximum absolute atomic E-state index is 5.93. The molecule has 110 valence electrons. The van der Waals surface area contributed by atoms with E-state index in [4.69, 9.17) is 9.47 Å². The lowest BCUT2D eigenvalue weighted by Crippen LogP contribution is -1.90. The Balaban J connectivity index is 2.39. The zero-order valence-electron chi connectivity index (χ0n) is 10.3. The number of benzene rings is 2. The van der Waals surface area contributed by atoms with E-state index in [-0.39, 0.29) is 0 Å². The lowest BCUT2D eigenvalue weighted by molar-refractivity contribution is 0.461. The van der Waals surface area contributed by atoms with Gasteiger partial charge in [0.05, 0.1) is 24.2 Å². The molecule has 2 aromatic carbocycles. The van der Waals surface area contributed by atoms with Crippen LogP contribution in [0.2, 0.25) is 0 Å². The molecule has 0 aliphatic rings. The third-order valence-corrected chi connectivity index (χ3v) is 5.17. The molecule has 2 rings (SSSR count). The van der Waals surface area contributed by atoms with Crippen LogP contribution >= 0.6 is 79.6 Å². The highest BCUT2D eigenvalue weighted by Crippen LogP contribution is 2.42. The van der Waals surface area contributed by atoms with Gasteiger partial charge in [-0.25, -0.2) is 0 Å². The Kier molecular flexibility index (Phi) is 6.38. The van der Waals surface area contributed by atoms with Crippen LogP contribution < -0.4 is 9.47 Å². The second kappa shape index (κ2) is 7.64. The van der Waals surface area contributed by atoms with Crippen molar-refractivity contribution in [3.63, 3.8) is 0 Å². The summed E-state index contributed by atoms with van der Waals surface area (Å²) in [5.41, 5.74) is 0. The Bertz CT molecular complexity index is 654. The molecule has 0 radical (unpaired) electrons. The van der Waals surface area contributed by atoms with Crippen molar-refractivity contribution in [2.24, 2.45) is 0 Å². The highest BCUT2D eigenvalue weighted by Gasteiger charge is 2.13. The molecule has 0 saturated carbocycles. The molecule has 0 unspecified atom stereocenters. The predicted octanol–water partition coefficient (Wildman–Crippen LogP) is 7.81. The Morgan fingerprint density at radius 2 is 1.24 bits per heavy atom. The lowest BCUT2D eigenvalue weighted by atomic mass is 10.3. The summed E-state index contributed by atoms with van der Waals surface area (Å²) in [6.07, 6.45) is 1.37. The molecule has 0 atom stereocenters. The summed E-state index contributed by atoms with van der Waals surface area (Å²) in [6.45, 7) is 3.55. The molecular weight excluding hydrogens is 600 g/mol. The molecule has 0 aromatic heterocycles. The van der Waals surface area contributed by atoms with Crippen LogP contribution in [-0.4, -0.2) is 0 Å². The topological polar surface area (TPSA) is 18.5 Å². The largest absolute Gasteiger partial charge is 0.463 e. The van der Waals surface area contributed by atoms with Gasteiger partial charge >= 0.3 is 0 Å². The normalized spacial score (nSPS) is 10.3. The van der Waals surface area contributed by atoms with Crippen LogP contribution in [0, 0.1) is 0 Å². The minimum atomic E-state index is 0.645. The first-order valence-corrected chi connectivity index (χ1v) is 9.48. The molecular formula is C14H7Br5O2. The van der Waals surface area contributed by atoms with Crippen LogP contribution in [0.25, 0.3) is 0 Å². The third-order valence-electron chi connectivity index (χ3n) is 2.36. The van der Waals surface area contributed by atoms with Gasteiger partial charge in [0.15, 0.2) is 11.5 Å². The number of hydrogen-bond acceptors (Lipinski definition) is 2. The first kappa shape index (κ1) is 17.5. The molecule has 21 heavy (non-hydrogen) atoms. The van der Waals surface area contributed by atoms with Gasteiger partial charge in [-0.1, -0.05) is 22.5 Å². The quantitative estimate of drug-likeness (QED) is 0.331. The van der Waals surface area contributed by atoms with Crippen LogP contribution in [0.1, 0.15) is 0 Å². The van der Waals surface area contributed by atoms with E-state index in [1.807, 2.05) is 24.3 Å². The van der Waals surface area contributed by atoms with Gasteiger partial charge in [0.25, 0.3) is 0 Å². The van der Waals surface area contributed by atoms with Crippen LogP contribution in [0.4, 0.5) is 0 Å². The first-order valence-electron chi connectivity index (χ1n) is 5.51.